The van der Waals surface area contributed by atoms with Crippen LogP contribution in [0.1, 0.15) is 36.5 Å². The Hall–Kier alpha value is -3.10. The van der Waals surface area contributed by atoms with Crippen LogP contribution in [0.5, 0.6) is 11.5 Å². The summed E-state index contributed by atoms with van der Waals surface area (Å²) in [4.78, 5) is 23.6. The number of hydrogen-bond acceptors (Lipinski definition) is 9. The number of esters is 1. The summed E-state index contributed by atoms with van der Waals surface area (Å²) in [7, 11) is 1.51. The van der Waals surface area contributed by atoms with Gasteiger partial charge in [-0.25, -0.2) is 4.79 Å². The molecule has 0 amide bonds. The number of nitrogens with zero attached hydrogens (tertiary/aromatic N) is 3. The van der Waals surface area contributed by atoms with E-state index in [4.69, 9.17) is 25.7 Å². The van der Waals surface area contributed by atoms with Gasteiger partial charge in [0.1, 0.15) is 0 Å². The summed E-state index contributed by atoms with van der Waals surface area (Å²) in [6, 6.07) is 4.84. The first-order chi connectivity index (χ1) is 12.4. The maximum Gasteiger partial charge on any atom is 0.338 e. The van der Waals surface area contributed by atoms with Crippen molar-refractivity contribution in [1.82, 2.24) is 15.0 Å². The Balaban J connectivity index is 2.01. The van der Waals surface area contributed by atoms with Gasteiger partial charge < -0.3 is 25.7 Å². The van der Waals surface area contributed by atoms with Gasteiger partial charge in [-0.2, -0.15) is 15.0 Å². The number of methoxy groups -OCH3 is 1. The van der Waals surface area contributed by atoms with Crippen molar-refractivity contribution in [2.75, 3.05) is 25.2 Å². The Morgan fingerprint density at radius 2 is 1.81 bits per heavy atom. The number of carbonyl (C=O) groups excluding carboxylic acids is 1. The quantitative estimate of drug-likeness (QED) is 0.675. The molecule has 0 aliphatic rings. The van der Waals surface area contributed by atoms with Crippen molar-refractivity contribution in [2.45, 2.75) is 26.9 Å². The fourth-order valence-corrected chi connectivity index (χ4v) is 2.05. The third-order valence-electron chi connectivity index (χ3n) is 3.40. The molecule has 1 heterocycles. The molecular formula is C17H23N5O4. The minimum atomic E-state index is -0.561. The predicted molar refractivity (Wildman–Crippen MR) is 95.7 cm³/mol. The second kappa shape index (κ2) is 8.84. The molecule has 0 saturated carbocycles. The zero-order valence-corrected chi connectivity index (χ0v) is 15.1. The van der Waals surface area contributed by atoms with Crippen molar-refractivity contribution >= 4 is 17.9 Å². The molecule has 0 saturated heterocycles. The Labute approximate surface area is 151 Å². The lowest BCUT2D eigenvalue weighted by Gasteiger charge is -2.13. The standard InChI is InChI=1S/C17H23N5O4/c1-10(2)6-7-25-12-5-4-11(8-13(12)24-3)15(23)26-9-14-20-16(18)22-17(19)21-14/h4-5,8,10H,6-7,9H2,1-3H3,(H4,18,19,20,21,22). The Kier molecular flexibility index (Phi) is 6.54. The minimum Gasteiger partial charge on any atom is -0.493 e. The van der Waals surface area contributed by atoms with E-state index in [-0.39, 0.29) is 24.3 Å². The zero-order chi connectivity index (χ0) is 19.1. The van der Waals surface area contributed by atoms with E-state index in [0.717, 1.165) is 6.42 Å². The lowest BCUT2D eigenvalue weighted by Crippen LogP contribution is -2.11. The number of benzene rings is 1. The van der Waals surface area contributed by atoms with Crippen LogP contribution < -0.4 is 20.9 Å². The molecule has 9 heteroatoms. The van der Waals surface area contributed by atoms with Gasteiger partial charge in [0.2, 0.25) is 11.9 Å². The van der Waals surface area contributed by atoms with Gasteiger partial charge in [0.15, 0.2) is 23.9 Å². The zero-order valence-electron chi connectivity index (χ0n) is 15.1. The molecule has 0 atom stereocenters. The average Bonchev–Trinajstić information content (AvgIpc) is 2.58. The molecule has 0 radical (unpaired) electrons. The monoisotopic (exact) mass is 361 g/mol. The highest BCUT2D eigenvalue weighted by Gasteiger charge is 2.14. The van der Waals surface area contributed by atoms with Gasteiger partial charge in [-0.1, -0.05) is 13.8 Å². The van der Waals surface area contributed by atoms with Gasteiger partial charge >= 0.3 is 5.97 Å². The van der Waals surface area contributed by atoms with Crippen LogP contribution in [0.4, 0.5) is 11.9 Å². The fourth-order valence-electron chi connectivity index (χ4n) is 2.05. The van der Waals surface area contributed by atoms with E-state index in [2.05, 4.69) is 28.8 Å². The van der Waals surface area contributed by atoms with Crippen molar-refractivity contribution in [3.05, 3.63) is 29.6 Å². The molecule has 0 spiro atoms. The second-order valence-electron chi connectivity index (χ2n) is 5.94. The lowest BCUT2D eigenvalue weighted by atomic mass is 10.1. The SMILES string of the molecule is COc1cc(C(=O)OCc2nc(N)nc(N)n2)ccc1OCCC(C)C. The molecule has 26 heavy (non-hydrogen) atoms. The van der Waals surface area contributed by atoms with Crippen LogP contribution in [0.3, 0.4) is 0 Å². The first-order valence-electron chi connectivity index (χ1n) is 8.13. The maximum absolute atomic E-state index is 12.2. The number of nitrogens with two attached hydrogens (primary N) is 2. The highest BCUT2D eigenvalue weighted by atomic mass is 16.5. The Bertz CT molecular complexity index is 747. The number of hydrogen-bond donors (Lipinski definition) is 2. The predicted octanol–water partition coefficient (Wildman–Crippen LogP) is 1.83. The van der Waals surface area contributed by atoms with Crippen LogP contribution in [0.25, 0.3) is 0 Å². The molecule has 0 aliphatic carbocycles. The van der Waals surface area contributed by atoms with Crippen molar-refractivity contribution < 1.29 is 19.0 Å². The van der Waals surface area contributed by atoms with E-state index in [1.54, 1.807) is 18.2 Å². The van der Waals surface area contributed by atoms with E-state index < -0.39 is 5.97 Å². The third-order valence-corrected chi connectivity index (χ3v) is 3.40. The normalized spacial score (nSPS) is 10.6. The van der Waals surface area contributed by atoms with E-state index in [9.17, 15) is 4.79 Å². The molecule has 2 aromatic rings. The van der Waals surface area contributed by atoms with Crippen LogP contribution in [0.15, 0.2) is 18.2 Å². The highest BCUT2D eigenvalue weighted by Crippen LogP contribution is 2.28. The van der Waals surface area contributed by atoms with Gasteiger partial charge in [-0.05, 0) is 30.5 Å². The van der Waals surface area contributed by atoms with Gasteiger partial charge in [0.05, 0.1) is 19.3 Å². The molecule has 4 N–H and O–H groups in total. The van der Waals surface area contributed by atoms with Crippen molar-refractivity contribution in [3.63, 3.8) is 0 Å². The number of carbonyl (C=O) groups is 1. The third kappa shape index (κ3) is 5.47. The van der Waals surface area contributed by atoms with E-state index in [0.29, 0.717) is 29.6 Å². The van der Waals surface area contributed by atoms with Gasteiger partial charge in [-0.3, -0.25) is 0 Å². The van der Waals surface area contributed by atoms with Crippen molar-refractivity contribution in [1.29, 1.82) is 0 Å². The largest absolute Gasteiger partial charge is 0.493 e. The molecule has 0 fully saturated rings. The van der Waals surface area contributed by atoms with E-state index in [1.807, 2.05) is 0 Å². The summed E-state index contributed by atoms with van der Waals surface area (Å²) in [6.45, 7) is 4.63. The van der Waals surface area contributed by atoms with Crippen LogP contribution in [0.2, 0.25) is 0 Å². The molecule has 0 aliphatic heterocycles. The number of anilines is 2. The second-order valence-corrected chi connectivity index (χ2v) is 5.94. The molecule has 1 aromatic carbocycles. The van der Waals surface area contributed by atoms with Crippen LogP contribution in [-0.2, 0) is 11.3 Å². The van der Waals surface area contributed by atoms with E-state index >= 15 is 0 Å². The highest BCUT2D eigenvalue weighted by molar-refractivity contribution is 5.90. The minimum absolute atomic E-state index is 0.0342. The topological polar surface area (TPSA) is 135 Å². The molecule has 1 aromatic heterocycles. The molecule has 0 bridgehead atoms. The molecule has 0 unspecified atom stereocenters. The first-order valence-corrected chi connectivity index (χ1v) is 8.13. The molecular weight excluding hydrogens is 338 g/mol. The molecule has 2 rings (SSSR count). The molecule has 140 valence electrons. The Morgan fingerprint density at radius 1 is 1.12 bits per heavy atom. The number of ether oxygens (including phenoxy) is 3. The van der Waals surface area contributed by atoms with Crippen LogP contribution in [0, 0.1) is 5.92 Å². The number of aromatic nitrogens is 3. The van der Waals surface area contributed by atoms with Crippen LogP contribution >= 0.6 is 0 Å². The maximum atomic E-state index is 12.2. The summed E-state index contributed by atoms with van der Waals surface area (Å²) in [6.07, 6.45) is 0.922. The Morgan fingerprint density at radius 3 is 2.42 bits per heavy atom. The van der Waals surface area contributed by atoms with Gasteiger partial charge in [0.25, 0.3) is 0 Å². The summed E-state index contributed by atoms with van der Waals surface area (Å²) < 4.78 is 16.2. The summed E-state index contributed by atoms with van der Waals surface area (Å²) >= 11 is 0. The lowest BCUT2D eigenvalue weighted by molar-refractivity contribution is 0.0461. The molecule has 9 nitrogen and oxygen atoms in total. The fraction of sp³-hybridized carbons (Fsp3) is 0.412. The smallest absolute Gasteiger partial charge is 0.338 e. The van der Waals surface area contributed by atoms with Crippen molar-refractivity contribution in [2.24, 2.45) is 5.92 Å². The van der Waals surface area contributed by atoms with Gasteiger partial charge in [-0.15, -0.1) is 0 Å². The number of nitrogen functional groups attached to an aromatic ring is 2. The summed E-state index contributed by atoms with van der Waals surface area (Å²) in [5.41, 5.74) is 11.3. The van der Waals surface area contributed by atoms with Crippen LogP contribution in [-0.4, -0.2) is 34.6 Å². The first kappa shape index (κ1) is 19.2. The van der Waals surface area contributed by atoms with Gasteiger partial charge in [0, 0.05) is 0 Å². The summed E-state index contributed by atoms with van der Waals surface area (Å²) in [5, 5.41) is 0. The van der Waals surface area contributed by atoms with E-state index in [1.165, 1.54) is 7.11 Å². The van der Waals surface area contributed by atoms with Crippen molar-refractivity contribution in [3.8, 4) is 11.5 Å². The average molecular weight is 361 g/mol. The summed E-state index contributed by atoms with van der Waals surface area (Å²) in [5.74, 6) is 1.10. The number of rotatable bonds is 8.